The zero-order valence-electron chi connectivity index (χ0n) is 15.3. The van der Waals surface area contributed by atoms with Crippen LogP contribution in [0.5, 0.6) is 0 Å². The highest BCUT2D eigenvalue weighted by Gasteiger charge is 2.26. The van der Waals surface area contributed by atoms with Gasteiger partial charge in [0.05, 0.1) is 11.0 Å². The van der Waals surface area contributed by atoms with Gasteiger partial charge in [0.25, 0.3) is 0 Å². The number of nitrogens with one attached hydrogen (secondary N) is 2. The topological polar surface area (TPSA) is 61.0 Å². The lowest BCUT2D eigenvalue weighted by atomic mass is 9.96. The second-order valence-electron chi connectivity index (χ2n) is 7.19. The monoisotopic (exact) mass is 382 g/mol. The van der Waals surface area contributed by atoms with E-state index in [-0.39, 0.29) is 11.8 Å². The molecule has 2 heterocycles. The number of piperidine rings is 1. The maximum absolute atomic E-state index is 12.5. The first-order chi connectivity index (χ1) is 13.1. The summed E-state index contributed by atoms with van der Waals surface area (Å²) in [6.45, 7) is 4.28. The lowest BCUT2D eigenvalue weighted by molar-refractivity contribution is -0.125. The van der Waals surface area contributed by atoms with Crippen molar-refractivity contribution < 1.29 is 4.79 Å². The summed E-state index contributed by atoms with van der Waals surface area (Å²) >= 11 is 5.89. The van der Waals surface area contributed by atoms with E-state index in [9.17, 15) is 4.79 Å². The number of aryl methyl sites for hydroxylation is 1. The number of hydrogen-bond acceptors (Lipinski definition) is 3. The summed E-state index contributed by atoms with van der Waals surface area (Å²) < 4.78 is 0. The average molecular weight is 383 g/mol. The van der Waals surface area contributed by atoms with Crippen LogP contribution in [-0.2, 0) is 11.3 Å². The number of amides is 1. The highest BCUT2D eigenvalue weighted by atomic mass is 35.5. The Hall–Kier alpha value is -2.53. The predicted octanol–water partition coefficient (Wildman–Crippen LogP) is 4.06. The number of anilines is 1. The average Bonchev–Trinajstić information content (AvgIpc) is 3.10. The number of nitrogens with zero attached hydrogens (tertiary/aromatic N) is 2. The molecule has 2 aromatic carbocycles. The van der Waals surface area contributed by atoms with E-state index in [1.165, 1.54) is 5.56 Å². The first-order valence-electron chi connectivity index (χ1n) is 9.32. The molecule has 0 radical (unpaired) electrons. The zero-order valence-corrected chi connectivity index (χ0v) is 16.1. The van der Waals surface area contributed by atoms with Gasteiger partial charge >= 0.3 is 0 Å². The molecule has 0 bridgehead atoms. The minimum atomic E-state index is 0.0557. The van der Waals surface area contributed by atoms with Gasteiger partial charge in [-0.05, 0) is 55.2 Å². The fourth-order valence-electron chi connectivity index (χ4n) is 3.55. The van der Waals surface area contributed by atoms with E-state index in [4.69, 9.17) is 11.6 Å². The molecule has 1 aliphatic rings. The molecule has 5 nitrogen and oxygen atoms in total. The van der Waals surface area contributed by atoms with Crippen molar-refractivity contribution in [1.82, 2.24) is 15.3 Å². The molecule has 1 aliphatic heterocycles. The largest absolute Gasteiger partial charge is 0.352 e. The van der Waals surface area contributed by atoms with Crippen LogP contribution in [0, 0.1) is 12.8 Å². The van der Waals surface area contributed by atoms with Crippen LogP contribution in [0.25, 0.3) is 11.0 Å². The molecular weight excluding hydrogens is 360 g/mol. The number of imidazole rings is 1. The number of aromatic nitrogens is 2. The number of H-pyrrole nitrogens is 1. The fourth-order valence-corrected chi connectivity index (χ4v) is 3.68. The summed E-state index contributed by atoms with van der Waals surface area (Å²) in [5.41, 5.74) is 4.32. The van der Waals surface area contributed by atoms with Crippen LogP contribution < -0.4 is 10.2 Å². The van der Waals surface area contributed by atoms with E-state index in [1.54, 1.807) is 0 Å². The fraction of sp³-hybridized carbons (Fsp3) is 0.333. The molecule has 1 fully saturated rings. The third-order valence-corrected chi connectivity index (χ3v) is 5.42. The van der Waals surface area contributed by atoms with Crippen molar-refractivity contribution in [3.05, 3.63) is 58.6 Å². The summed E-state index contributed by atoms with van der Waals surface area (Å²) in [4.78, 5) is 22.8. The number of carbonyl (C=O) groups excluding carboxylic acids is 1. The van der Waals surface area contributed by atoms with E-state index < -0.39 is 0 Å². The van der Waals surface area contributed by atoms with E-state index in [1.807, 2.05) is 30.3 Å². The normalized spacial score (nSPS) is 15.3. The summed E-state index contributed by atoms with van der Waals surface area (Å²) in [7, 11) is 0. The second-order valence-corrected chi connectivity index (χ2v) is 7.62. The Morgan fingerprint density at radius 1 is 1.22 bits per heavy atom. The second kappa shape index (κ2) is 7.61. The van der Waals surface area contributed by atoms with Crippen molar-refractivity contribution in [1.29, 1.82) is 0 Å². The smallest absolute Gasteiger partial charge is 0.223 e. The number of aromatic amines is 1. The van der Waals surface area contributed by atoms with Gasteiger partial charge in [-0.25, -0.2) is 4.98 Å². The third-order valence-electron chi connectivity index (χ3n) is 5.17. The first kappa shape index (κ1) is 17.9. The van der Waals surface area contributed by atoms with E-state index in [2.05, 4.69) is 39.2 Å². The lowest BCUT2D eigenvalue weighted by Crippen LogP contribution is -2.40. The minimum Gasteiger partial charge on any atom is -0.352 e. The Kier molecular flexibility index (Phi) is 5.03. The lowest BCUT2D eigenvalue weighted by Gasteiger charge is -2.31. The number of hydrogen-bond donors (Lipinski definition) is 2. The Labute approximate surface area is 163 Å². The minimum absolute atomic E-state index is 0.0557. The van der Waals surface area contributed by atoms with Gasteiger partial charge in [-0.15, -0.1) is 0 Å². The molecule has 3 aromatic rings. The number of fused-ring (bicyclic) bond motifs is 1. The predicted molar refractivity (Wildman–Crippen MR) is 109 cm³/mol. The van der Waals surface area contributed by atoms with Gasteiger partial charge < -0.3 is 15.2 Å². The van der Waals surface area contributed by atoms with Gasteiger partial charge in [-0.3, -0.25) is 4.79 Å². The number of benzene rings is 2. The SMILES string of the molecule is Cc1ccc2nc(N3CCC(C(=O)NCc4ccc(Cl)cc4)CC3)[nH]c2c1. The molecule has 27 heavy (non-hydrogen) atoms. The quantitative estimate of drug-likeness (QED) is 0.715. The number of halogens is 1. The Morgan fingerprint density at radius 2 is 1.96 bits per heavy atom. The van der Waals surface area contributed by atoms with Crippen molar-refractivity contribution in [2.24, 2.45) is 5.92 Å². The van der Waals surface area contributed by atoms with Crippen LogP contribution in [0.1, 0.15) is 24.0 Å². The molecule has 1 saturated heterocycles. The highest BCUT2D eigenvalue weighted by Crippen LogP contribution is 2.24. The molecule has 140 valence electrons. The van der Waals surface area contributed by atoms with Crippen LogP contribution in [0.4, 0.5) is 5.95 Å². The molecule has 0 saturated carbocycles. The van der Waals surface area contributed by atoms with Crippen LogP contribution in [-0.4, -0.2) is 29.0 Å². The standard InChI is InChI=1S/C21H23ClN4O/c1-14-2-7-18-19(12-14)25-21(24-18)26-10-8-16(9-11-26)20(27)23-13-15-3-5-17(22)6-4-15/h2-7,12,16H,8-11,13H2,1H3,(H,23,27)(H,24,25). The van der Waals surface area contributed by atoms with Gasteiger partial charge in [0.1, 0.15) is 0 Å². The summed E-state index contributed by atoms with van der Waals surface area (Å²) in [5, 5.41) is 3.75. The molecule has 0 spiro atoms. The van der Waals surface area contributed by atoms with Crippen molar-refractivity contribution in [2.75, 3.05) is 18.0 Å². The summed E-state index contributed by atoms with van der Waals surface area (Å²) in [6.07, 6.45) is 1.67. The van der Waals surface area contributed by atoms with E-state index >= 15 is 0 Å². The maximum Gasteiger partial charge on any atom is 0.223 e. The summed E-state index contributed by atoms with van der Waals surface area (Å²) in [5.74, 6) is 1.08. The van der Waals surface area contributed by atoms with Gasteiger partial charge in [0, 0.05) is 30.6 Å². The van der Waals surface area contributed by atoms with E-state index in [0.29, 0.717) is 11.6 Å². The number of carbonyl (C=O) groups is 1. The molecule has 4 rings (SSSR count). The van der Waals surface area contributed by atoms with Gasteiger partial charge in [0.2, 0.25) is 11.9 Å². The van der Waals surface area contributed by atoms with Gasteiger partial charge in [-0.1, -0.05) is 29.8 Å². The third kappa shape index (κ3) is 4.08. The van der Waals surface area contributed by atoms with Crippen LogP contribution >= 0.6 is 11.6 Å². The molecule has 6 heteroatoms. The van der Waals surface area contributed by atoms with Crippen LogP contribution in [0.2, 0.25) is 5.02 Å². The molecule has 1 aromatic heterocycles. The van der Waals surface area contributed by atoms with Crippen molar-refractivity contribution in [3.63, 3.8) is 0 Å². The maximum atomic E-state index is 12.5. The highest BCUT2D eigenvalue weighted by molar-refractivity contribution is 6.30. The van der Waals surface area contributed by atoms with E-state index in [0.717, 1.165) is 48.5 Å². The van der Waals surface area contributed by atoms with Crippen molar-refractivity contribution in [2.45, 2.75) is 26.3 Å². The number of rotatable bonds is 4. The Balaban J connectivity index is 1.32. The first-order valence-corrected chi connectivity index (χ1v) is 9.70. The van der Waals surface area contributed by atoms with Gasteiger partial charge in [0.15, 0.2) is 0 Å². The molecule has 0 unspecified atom stereocenters. The van der Waals surface area contributed by atoms with Crippen LogP contribution in [0.15, 0.2) is 42.5 Å². The molecule has 0 aliphatic carbocycles. The Morgan fingerprint density at radius 3 is 2.70 bits per heavy atom. The zero-order chi connectivity index (χ0) is 18.8. The molecule has 0 atom stereocenters. The van der Waals surface area contributed by atoms with Crippen molar-refractivity contribution >= 4 is 34.5 Å². The molecule has 2 N–H and O–H groups in total. The van der Waals surface area contributed by atoms with Gasteiger partial charge in [-0.2, -0.15) is 0 Å². The molecule has 1 amide bonds. The summed E-state index contributed by atoms with van der Waals surface area (Å²) in [6, 6.07) is 13.8. The molecular formula is C21H23ClN4O. The van der Waals surface area contributed by atoms with Crippen molar-refractivity contribution in [3.8, 4) is 0 Å². The Bertz CT molecular complexity index is 942. The van der Waals surface area contributed by atoms with Crippen LogP contribution in [0.3, 0.4) is 0 Å².